The van der Waals surface area contributed by atoms with E-state index in [1.54, 1.807) is 19.5 Å². The van der Waals surface area contributed by atoms with Crippen molar-refractivity contribution in [1.29, 1.82) is 0 Å². The minimum Gasteiger partial charge on any atom is -0.495 e. The van der Waals surface area contributed by atoms with Gasteiger partial charge < -0.3 is 19.9 Å². The predicted octanol–water partition coefficient (Wildman–Crippen LogP) is 3.05. The van der Waals surface area contributed by atoms with Crippen molar-refractivity contribution >= 4 is 17.4 Å². The van der Waals surface area contributed by atoms with Crippen LogP contribution in [0.25, 0.3) is 0 Å². The Bertz CT molecular complexity index is 758. The lowest BCUT2D eigenvalue weighted by Crippen LogP contribution is -2.49. The van der Waals surface area contributed by atoms with Crippen LogP contribution >= 0.6 is 0 Å². The minimum absolute atomic E-state index is 0.0651. The largest absolute Gasteiger partial charge is 0.495 e. The molecule has 1 fully saturated rings. The Hall–Kier alpha value is -2.83. The summed E-state index contributed by atoms with van der Waals surface area (Å²) in [5, 5.41) is 3.24. The number of nitrogens with zero attached hydrogens (tertiary/aromatic N) is 4. The van der Waals surface area contributed by atoms with Crippen molar-refractivity contribution in [3.8, 4) is 5.75 Å². The third kappa shape index (κ3) is 4.91. The number of ether oxygens (including phenoxy) is 1. The second kappa shape index (κ2) is 9.92. The van der Waals surface area contributed by atoms with Gasteiger partial charge in [0.1, 0.15) is 17.3 Å². The van der Waals surface area contributed by atoms with Crippen LogP contribution in [0, 0.1) is 0 Å². The number of unbranched alkanes of at least 4 members (excludes halogenated alkanes) is 2. The number of nitrogens with one attached hydrogen (secondary N) is 1. The molecular weight excluding hydrogens is 354 g/mol. The predicted molar refractivity (Wildman–Crippen MR) is 111 cm³/mol. The Morgan fingerprint density at radius 1 is 1.11 bits per heavy atom. The monoisotopic (exact) mass is 383 g/mol. The Balaban J connectivity index is 1.53. The van der Waals surface area contributed by atoms with Crippen LogP contribution in [0.4, 0.5) is 11.5 Å². The molecule has 1 aromatic carbocycles. The highest BCUT2D eigenvalue weighted by Gasteiger charge is 2.24. The maximum absolute atomic E-state index is 12.7. The number of piperazine rings is 1. The Kier molecular flexibility index (Phi) is 7.06. The quantitative estimate of drug-likeness (QED) is 0.707. The summed E-state index contributed by atoms with van der Waals surface area (Å²) in [6.07, 6.45) is 6.69. The molecule has 1 aromatic heterocycles. The molecule has 0 unspecified atom stereocenters. The number of carbonyl (C=O) groups excluding carboxylic acids is 1. The van der Waals surface area contributed by atoms with Gasteiger partial charge in [0.2, 0.25) is 0 Å². The van der Waals surface area contributed by atoms with Crippen molar-refractivity contribution in [2.45, 2.75) is 26.2 Å². The van der Waals surface area contributed by atoms with Crippen molar-refractivity contribution in [3.05, 3.63) is 42.4 Å². The SMILES string of the molecule is CCCCCNc1cnc(C(=O)N2CCN(c3ccccc3OC)CC2)cn1. The number of amides is 1. The average Bonchev–Trinajstić information content (AvgIpc) is 2.77. The number of carbonyl (C=O) groups is 1. The first kappa shape index (κ1) is 19.9. The number of aromatic nitrogens is 2. The van der Waals surface area contributed by atoms with Crippen LogP contribution in [0.3, 0.4) is 0 Å². The Morgan fingerprint density at radius 2 is 1.89 bits per heavy atom. The van der Waals surface area contributed by atoms with Gasteiger partial charge in [0.05, 0.1) is 25.2 Å². The van der Waals surface area contributed by atoms with E-state index in [0.29, 0.717) is 24.6 Å². The van der Waals surface area contributed by atoms with Gasteiger partial charge in [0.25, 0.3) is 5.91 Å². The molecule has 0 atom stereocenters. The number of para-hydroxylation sites is 2. The summed E-state index contributed by atoms with van der Waals surface area (Å²) in [4.78, 5) is 25.5. The number of methoxy groups -OCH3 is 1. The summed E-state index contributed by atoms with van der Waals surface area (Å²) in [5.41, 5.74) is 1.46. The first-order valence-electron chi connectivity index (χ1n) is 9.96. The Labute approximate surface area is 166 Å². The smallest absolute Gasteiger partial charge is 0.274 e. The van der Waals surface area contributed by atoms with Crippen LogP contribution in [0.5, 0.6) is 5.75 Å². The molecule has 0 bridgehead atoms. The van der Waals surface area contributed by atoms with Gasteiger partial charge in [0.15, 0.2) is 0 Å². The van der Waals surface area contributed by atoms with Gasteiger partial charge in [-0.1, -0.05) is 31.9 Å². The molecule has 2 heterocycles. The highest BCUT2D eigenvalue weighted by molar-refractivity contribution is 5.92. The van der Waals surface area contributed by atoms with Crippen molar-refractivity contribution in [2.24, 2.45) is 0 Å². The first-order chi connectivity index (χ1) is 13.7. The van der Waals surface area contributed by atoms with Crippen LogP contribution in [-0.2, 0) is 0 Å². The average molecular weight is 383 g/mol. The summed E-state index contributed by atoms with van der Waals surface area (Å²) >= 11 is 0. The number of hydrogen-bond acceptors (Lipinski definition) is 6. The van der Waals surface area contributed by atoms with Crippen molar-refractivity contribution in [1.82, 2.24) is 14.9 Å². The van der Waals surface area contributed by atoms with Gasteiger partial charge in [-0.3, -0.25) is 4.79 Å². The first-order valence-corrected chi connectivity index (χ1v) is 9.96. The molecule has 1 N–H and O–H groups in total. The molecule has 7 heteroatoms. The van der Waals surface area contributed by atoms with Crippen molar-refractivity contribution < 1.29 is 9.53 Å². The maximum atomic E-state index is 12.7. The third-order valence-corrected chi connectivity index (χ3v) is 4.95. The minimum atomic E-state index is -0.0651. The lowest BCUT2D eigenvalue weighted by Gasteiger charge is -2.36. The molecule has 0 spiro atoms. The lowest BCUT2D eigenvalue weighted by molar-refractivity contribution is 0.0740. The van der Waals surface area contributed by atoms with Gasteiger partial charge in [-0.05, 0) is 18.6 Å². The standard InChI is InChI=1S/C21H29N5O2/c1-3-4-7-10-22-20-16-23-17(15-24-20)21(27)26-13-11-25(12-14-26)18-8-5-6-9-19(18)28-2/h5-6,8-9,15-16H,3-4,7,10-14H2,1-2H3,(H,22,24). The van der Waals surface area contributed by atoms with Gasteiger partial charge in [-0.15, -0.1) is 0 Å². The van der Waals surface area contributed by atoms with E-state index in [1.807, 2.05) is 29.2 Å². The number of rotatable bonds is 8. The van der Waals surface area contributed by atoms with Crippen LogP contribution < -0.4 is 15.0 Å². The van der Waals surface area contributed by atoms with Crippen molar-refractivity contribution in [2.75, 3.05) is 50.1 Å². The number of hydrogen-bond donors (Lipinski definition) is 1. The fraction of sp³-hybridized carbons (Fsp3) is 0.476. The lowest BCUT2D eigenvalue weighted by atomic mass is 10.2. The second-order valence-electron chi connectivity index (χ2n) is 6.87. The fourth-order valence-corrected chi connectivity index (χ4v) is 3.32. The van der Waals surface area contributed by atoms with Crippen molar-refractivity contribution in [3.63, 3.8) is 0 Å². The van der Waals surface area contributed by atoms with Crippen LogP contribution in [0.2, 0.25) is 0 Å². The topological polar surface area (TPSA) is 70.6 Å². The maximum Gasteiger partial charge on any atom is 0.274 e. The van der Waals surface area contributed by atoms with E-state index in [0.717, 1.165) is 37.5 Å². The van der Waals surface area contributed by atoms with E-state index in [1.165, 1.54) is 12.8 Å². The molecular formula is C21H29N5O2. The van der Waals surface area contributed by atoms with E-state index < -0.39 is 0 Å². The highest BCUT2D eigenvalue weighted by Crippen LogP contribution is 2.28. The van der Waals surface area contributed by atoms with Crippen LogP contribution in [0.1, 0.15) is 36.7 Å². The highest BCUT2D eigenvalue weighted by atomic mass is 16.5. The zero-order valence-electron chi connectivity index (χ0n) is 16.7. The van der Waals surface area contributed by atoms with Gasteiger partial charge in [0, 0.05) is 32.7 Å². The van der Waals surface area contributed by atoms with E-state index >= 15 is 0 Å². The molecule has 3 rings (SSSR count). The molecule has 0 radical (unpaired) electrons. The molecule has 0 aliphatic carbocycles. The third-order valence-electron chi connectivity index (χ3n) is 4.95. The molecule has 1 saturated heterocycles. The van der Waals surface area contributed by atoms with E-state index in [-0.39, 0.29) is 5.91 Å². The summed E-state index contributed by atoms with van der Waals surface area (Å²) in [7, 11) is 1.68. The van der Waals surface area contributed by atoms with Gasteiger partial charge in [-0.2, -0.15) is 0 Å². The van der Waals surface area contributed by atoms with Gasteiger partial charge in [-0.25, -0.2) is 9.97 Å². The second-order valence-corrected chi connectivity index (χ2v) is 6.87. The fourth-order valence-electron chi connectivity index (χ4n) is 3.32. The molecule has 1 aliphatic heterocycles. The van der Waals surface area contributed by atoms with Crippen LogP contribution in [-0.4, -0.2) is 60.6 Å². The summed E-state index contributed by atoms with van der Waals surface area (Å²) in [5.74, 6) is 1.51. The van der Waals surface area contributed by atoms with E-state index in [9.17, 15) is 4.79 Å². The normalized spacial score (nSPS) is 14.1. The van der Waals surface area contributed by atoms with Gasteiger partial charge >= 0.3 is 0 Å². The van der Waals surface area contributed by atoms with Crippen LogP contribution in [0.15, 0.2) is 36.7 Å². The van der Waals surface area contributed by atoms with E-state index in [4.69, 9.17) is 4.74 Å². The molecule has 1 amide bonds. The molecule has 0 saturated carbocycles. The number of anilines is 2. The molecule has 28 heavy (non-hydrogen) atoms. The molecule has 150 valence electrons. The molecule has 2 aromatic rings. The molecule has 1 aliphatic rings. The zero-order valence-corrected chi connectivity index (χ0v) is 16.7. The number of benzene rings is 1. The zero-order chi connectivity index (χ0) is 19.8. The summed E-state index contributed by atoms with van der Waals surface area (Å²) in [6.45, 7) is 5.87. The summed E-state index contributed by atoms with van der Waals surface area (Å²) < 4.78 is 5.45. The van der Waals surface area contributed by atoms with E-state index in [2.05, 4.69) is 27.1 Å². The molecule has 7 nitrogen and oxygen atoms in total. The Morgan fingerprint density at radius 3 is 2.57 bits per heavy atom. The summed E-state index contributed by atoms with van der Waals surface area (Å²) in [6, 6.07) is 7.97.